The van der Waals surface area contributed by atoms with Gasteiger partial charge < -0.3 is 0 Å². The largest absolute Gasteiger partial charge is 0.416 e. The standard InChI is InChI=1S/C21H10F6N2/c1-11-2-3-12-5-14(9-28)18(10-29)19(17(12)4-11)13-6-15(20(22,23)24)8-16(7-13)21(25,26)27/h2-8H,1H3. The minimum Gasteiger partial charge on any atom is -0.192 e. The van der Waals surface area contributed by atoms with Crippen LogP contribution < -0.4 is 0 Å². The molecule has 3 aromatic rings. The summed E-state index contributed by atoms with van der Waals surface area (Å²) in [5.74, 6) is 0. The smallest absolute Gasteiger partial charge is 0.192 e. The SMILES string of the molecule is Cc1ccc2cc(C#N)c(C#N)c(-c3cc(C(F)(F)F)cc(C(F)(F)F)c3)c2c1. The topological polar surface area (TPSA) is 47.6 Å². The third-order valence-electron chi connectivity index (χ3n) is 4.41. The number of rotatable bonds is 1. The number of nitriles is 2. The normalized spacial score (nSPS) is 11.9. The van der Waals surface area contributed by atoms with E-state index in [-0.39, 0.29) is 28.1 Å². The first kappa shape index (κ1) is 20.2. The van der Waals surface area contributed by atoms with Crippen LogP contribution >= 0.6 is 0 Å². The van der Waals surface area contributed by atoms with Crippen molar-refractivity contribution in [1.29, 1.82) is 10.5 Å². The van der Waals surface area contributed by atoms with Crippen molar-refractivity contribution in [3.63, 3.8) is 0 Å². The van der Waals surface area contributed by atoms with E-state index >= 15 is 0 Å². The van der Waals surface area contributed by atoms with Gasteiger partial charge in [-0.25, -0.2) is 0 Å². The lowest BCUT2D eigenvalue weighted by molar-refractivity contribution is -0.143. The fourth-order valence-corrected chi connectivity index (χ4v) is 3.11. The van der Waals surface area contributed by atoms with E-state index in [1.54, 1.807) is 37.3 Å². The summed E-state index contributed by atoms with van der Waals surface area (Å²) in [6.45, 7) is 1.70. The Morgan fingerprint density at radius 2 is 1.34 bits per heavy atom. The number of fused-ring (bicyclic) bond motifs is 1. The molecule has 0 aliphatic rings. The molecule has 0 saturated carbocycles. The van der Waals surface area contributed by atoms with Gasteiger partial charge in [0.1, 0.15) is 12.1 Å². The van der Waals surface area contributed by atoms with Crippen LogP contribution in [0.4, 0.5) is 26.3 Å². The van der Waals surface area contributed by atoms with Crippen LogP contribution in [-0.2, 0) is 12.4 Å². The third-order valence-corrected chi connectivity index (χ3v) is 4.41. The first-order chi connectivity index (χ1) is 13.5. The summed E-state index contributed by atoms with van der Waals surface area (Å²) in [7, 11) is 0. The fraction of sp³-hybridized carbons (Fsp3) is 0.143. The second-order valence-corrected chi connectivity index (χ2v) is 6.42. The fourth-order valence-electron chi connectivity index (χ4n) is 3.11. The molecule has 0 aromatic heterocycles. The highest BCUT2D eigenvalue weighted by Gasteiger charge is 2.37. The average molecular weight is 404 g/mol. The zero-order valence-electron chi connectivity index (χ0n) is 14.7. The molecule has 0 N–H and O–H groups in total. The van der Waals surface area contributed by atoms with Crippen molar-refractivity contribution in [3.05, 3.63) is 70.3 Å². The molecule has 0 unspecified atom stereocenters. The average Bonchev–Trinajstić information content (AvgIpc) is 2.64. The van der Waals surface area contributed by atoms with Crippen molar-refractivity contribution >= 4 is 10.8 Å². The van der Waals surface area contributed by atoms with Gasteiger partial charge in [-0.2, -0.15) is 36.9 Å². The van der Waals surface area contributed by atoms with E-state index < -0.39 is 29.0 Å². The van der Waals surface area contributed by atoms with Crippen molar-refractivity contribution in [2.45, 2.75) is 19.3 Å². The molecule has 0 heterocycles. The Morgan fingerprint density at radius 3 is 1.83 bits per heavy atom. The second kappa shape index (κ2) is 6.82. The molecular weight excluding hydrogens is 394 g/mol. The van der Waals surface area contributed by atoms with Gasteiger partial charge in [0.2, 0.25) is 0 Å². The van der Waals surface area contributed by atoms with Crippen LogP contribution in [0.1, 0.15) is 27.8 Å². The minimum atomic E-state index is -5.03. The lowest BCUT2D eigenvalue weighted by atomic mass is 9.88. The van der Waals surface area contributed by atoms with Crippen LogP contribution in [0.25, 0.3) is 21.9 Å². The number of benzene rings is 3. The summed E-state index contributed by atoms with van der Waals surface area (Å²) in [6, 6.07) is 10.9. The quantitative estimate of drug-likeness (QED) is 0.429. The molecule has 0 aliphatic carbocycles. The number of aryl methyl sites for hydroxylation is 1. The summed E-state index contributed by atoms with van der Waals surface area (Å²) in [5.41, 5.74) is -3.28. The van der Waals surface area contributed by atoms with Crippen molar-refractivity contribution in [3.8, 4) is 23.3 Å². The van der Waals surface area contributed by atoms with Crippen LogP contribution in [0.3, 0.4) is 0 Å². The highest BCUT2D eigenvalue weighted by Crippen LogP contribution is 2.41. The van der Waals surface area contributed by atoms with E-state index in [1.165, 1.54) is 6.07 Å². The number of nitrogens with zero attached hydrogens (tertiary/aromatic N) is 2. The second-order valence-electron chi connectivity index (χ2n) is 6.42. The first-order valence-corrected chi connectivity index (χ1v) is 8.13. The Bertz CT molecular complexity index is 1180. The number of alkyl halides is 6. The van der Waals surface area contributed by atoms with Crippen molar-refractivity contribution in [1.82, 2.24) is 0 Å². The van der Waals surface area contributed by atoms with E-state index in [9.17, 15) is 36.9 Å². The maximum Gasteiger partial charge on any atom is 0.416 e. The third kappa shape index (κ3) is 3.74. The predicted molar refractivity (Wildman–Crippen MR) is 93.6 cm³/mol. The van der Waals surface area contributed by atoms with Gasteiger partial charge in [-0.3, -0.25) is 0 Å². The highest BCUT2D eigenvalue weighted by molar-refractivity contribution is 6.01. The molecule has 0 bridgehead atoms. The molecule has 0 saturated heterocycles. The molecule has 0 amide bonds. The number of halogens is 6. The molecule has 0 fully saturated rings. The molecule has 146 valence electrons. The zero-order chi connectivity index (χ0) is 21.6. The summed E-state index contributed by atoms with van der Waals surface area (Å²) in [6.07, 6.45) is -10.1. The molecule has 8 heteroatoms. The Balaban J connectivity index is 2.52. The van der Waals surface area contributed by atoms with Crippen molar-refractivity contribution in [2.24, 2.45) is 0 Å². The van der Waals surface area contributed by atoms with E-state index in [1.807, 2.05) is 0 Å². The van der Waals surface area contributed by atoms with E-state index in [4.69, 9.17) is 0 Å². The number of hydrogen-bond donors (Lipinski definition) is 0. The van der Waals surface area contributed by atoms with Gasteiger partial charge in [0.25, 0.3) is 0 Å². The highest BCUT2D eigenvalue weighted by atomic mass is 19.4. The minimum absolute atomic E-state index is 0.0249. The molecule has 2 nitrogen and oxygen atoms in total. The van der Waals surface area contributed by atoms with Gasteiger partial charge >= 0.3 is 12.4 Å². The Hall–Kier alpha value is -3.52. The molecule has 0 aliphatic heterocycles. The van der Waals surface area contributed by atoms with Crippen LogP contribution in [0.5, 0.6) is 0 Å². The Labute approximate surface area is 161 Å². The lowest BCUT2D eigenvalue weighted by Crippen LogP contribution is -2.11. The first-order valence-electron chi connectivity index (χ1n) is 8.13. The molecule has 0 spiro atoms. The van der Waals surface area contributed by atoms with Gasteiger partial charge in [-0.15, -0.1) is 0 Å². The maximum absolute atomic E-state index is 13.3. The van der Waals surface area contributed by atoms with Crippen LogP contribution in [0.2, 0.25) is 0 Å². The molecule has 0 atom stereocenters. The van der Waals surface area contributed by atoms with E-state index in [2.05, 4.69) is 0 Å². The molecule has 0 radical (unpaired) electrons. The van der Waals surface area contributed by atoms with Crippen LogP contribution in [0, 0.1) is 29.6 Å². The summed E-state index contributed by atoms with van der Waals surface area (Å²) < 4.78 is 79.6. The molecule has 3 rings (SSSR count). The van der Waals surface area contributed by atoms with E-state index in [0.717, 1.165) is 0 Å². The van der Waals surface area contributed by atoms with Crippen LogP contribution in [-0.4, -0.2) is 0 Å². The summed E-state index contributed by atoms with van der Waals surface area (Å²) in [5, 5.41) is 19.6. The lowest BCUT2D eigenvalue weighted by Gasteiger charge is -2.17. The molecule has 3 aromatic carbocycles. The van der Waals surface area contributed by atoms with Crippen LogP contribution in [0.15, 0.2) is 42.5 Å². The Morgan fingerprint density at radius 1 is 0.759 bits per heavy atom. The maximum atomic E-state index is 13.3. The van der Waals surface area contributed by atoms with Crippen molar-refractivity contribution < 1.29 is 26.3 Å². The van der Waals surface area contributed by atoms with Crippen molar-refractivity contribution in [2.75, 3.05) is 0 Å². The zero-order valence-corrected chi connectivity index (χ0v) is 14.7. The van der Waals surface area contributed by atoms with Gasteiger partial charge in [-0.05, 0) is 47.5 Å². The summed E-state index contributed by atoms with van der Waals surface area (Å²) >= 11 is 0. The number of hydrogen-bond acceptors (Lipinski definition) is 2. The Kier molecular flexibility index (Phi) is 4.76. The van der Waals surface area contributed by atoms with Gasteiger partial charge in [0.15, 0.2) is 0 Å². The predicted octanol–water partition coefficient (Wildman–Crippen LogP) is 6.60. The summed E-state index contributed by atoms with van der Waals surface area (Å²) in [4.78, 5) is 0. The van der Waals surface area contributed by atoms with E-state index in [0.29, 0.717) is 23.1 Å². The monoisotopic (exact) mass is 404 g/mol. The van der Waals surface area contributed by atoms with Gasteiger partial charge in [-0.1, -0.05) is 23.8 Å². The van der Waals surface area contributed by atoms with Gasteiger partial charge in [0, 0.05) is 5.56 Å². The van der Waals surface area contributed by atoms with Gasteiger partial charge in [0.05, 0.1) is 22.3 Å². The molecular formula is C21H10F6N2. The molecule has 29 heavy (non-hydrogen) atoms.